The van der Waals surface area contributed by atoms with Gasteiger partial charge in [0, 0.05) is 0 Å². The highest BCUT2D eigenvalue weighted by molar-refractivity contribution is 5.77. The van der Waals surface area contributed by atoms with Crippen LogP contribution in [0.4, 0.5) is 0 Å². The number of methoxy groups -OCH3 is 1. The van der Waals surface area contributed by atoms with Crippen LogP contribution in [-0.4, -0.2) is 25.7 Å². The van der Waals surface area contributed by atoms with Crippen LogP contribution < -0.4 is 5.32 Å². The first-order valence-electron chi connectivity index (χ1n) is 3.70. The molecule has 0 unspecified atom stereocenters. The summed E-state index contributed by atoms with van der Waals surface area (Å²) in [7, 11) is 1.37. The second-order valence-electron chi connectivity index (χ2n) is 2.19. The second-order valence-corrected chi connectivity index (χ2v) is 2.19. The van der Waals surface area contributed by atoms with Crippen molar-refractivity contribution in [2.45, 2.75) is 19.4 Å². The van der Waals surface area contributed by atoms with Gasteiger partial charge in [-0.05, 0) is 13.0 Å². The average molecular weight is 157 g/mol. The summed E-state index contributed by atoms with van der Waals surface area (Å²) in [5, 5.41) is 2.98. The van der Waals surface area contributed by atoms with Gasteiger partial charge in [0.25, 0.3) is 0 Å². The smallest absolute Gasteiger partial charge is 0.326 e. The maximum atomic E-state index is 10.9. The highest BCUT2D eigenvalue weighted by Crippen LogP contribution is 1.88. The first-order valence-corrected chi connectivity index (χ1v) is 3.70. The van der Waals surface area contributed by atoms with Crippen LogP contribution in [0.15, 0.2) is 12.7 Å². The number of esters is 1. The molecular formula is C8H15NO2. The molecule has 0 aromatic carbocycles. The van der Waals surface area contributed by atoms with E-state index in [1.54, 1.807) is 6.08 Å². The lowest BCUT2D eigenvalue weighted by Gasteiger charge is -2.10. The number of rotatable bonds is 5. The number of hydrogen-bond acceptors (Lipinski definition) is 3. The Hall–Kier alpha value is -0.830. The molecule has 0 amide bonds. The molecule has 0 fully saturated rings. The average Bonchev–Trinajstić information content (AvgIpc) is 2.05. The van der Waals surface area contributed by atoms with Crippen molar-refractivity contribution >= 4 is 5.97 Å². The molecule has 0 saturated heterocycles. The van der Waals surface area contributed by atoms with E-state index in [9.17, 15) is 4.79 Å². The lowest BCUT2D eigenvalue weighted by atomic mass is 10.3. The lowest BCUT2D eigenvalue weighted by Crippen LogP contribution is -2.36. The van der Waals surface area contributed by atoms with Crippen LogP contribution in [0.3, 0.4) is 0 Å². The van der Waals surface area contributed by atoms with Gasteiger partial charge in [-0.3, -0.25) is 4.79 Å². The molecule has 0 spiro atoms. The van der Waals surface area contributed by atoms with Crippen LogP contribution in [-0.2, 0) is 9.53 Å². The maximum absolute atomic E-state index is 10.9. The summed E-state index contributed by atoms with van der Waals surface area (Å²) in [6, 6.07) is -0.361. The molecule has 1 N–H and O–H groups in total. The molecule has 0 aromatic heterocycles. The van der Waals surface area contributed by atoms with Crippen LogP contribution in [0.5, 0.6) is 0 Å². The van der Waals surface area contributed by atoms with Crippen molar-refractivity contribution in [2.24, 2.45) is 0 Å². The zero-order chi connectivity index (χ0) is 8.69. The van der Waals surface area contributed by atoms with Gasteiger partial charge < -0.3 is 10.1 Å². The minimum absolute atomic E-state index is 0.284. The standard InChI is InChI=1S/C8H15NO2/c1-4-6-9-7(5-2)8(10)11-3/h5,7,9H,2,4,6H2,1,3H3/t7-/m1/s1. The molecule has 0 radical (unpaired) electrons. The first-order chi connectivity index (χ1) is 5.26. The van der Waals surface area contributed by atoms with E-state index in [0.717, 1.165) is 13.0 Å². The molecule has 0 saturated carbocycles. The molecule has 0 bridgehead atoms. The van der Waals surface area contributed by atoms with Crippen molar-refractivity contribution in [2.75, 3.05) is 13.7 Å². The topological polar surface area (TPSA) is 38.3 Å². The SMILES string of the molecule is C=C[C@@H](NCCC)C(=O)OC. The third-order valence-electron chi connectivity index (χ3n) is 1.31. The summed E-state index contributed by atoms with van der Waals surface area (Å²) in [5.41, 5.74) is 0. The number of ether oxygens (including phenoxy) is 1. The molecule has 0 aliphatic heterocycles. The van der Waals surface area contributed by atoms with Gasteiger partial charge in [-0.1, -0.05) is 13.0 Å². The third-order valence-corrected chi connectivity index (χ3v) is 1.31. The van der Waals surface area contributed by atoms with Crippen LogP contribution in [0.25, 0.3) is 0 Å². The first kappa shape index (κ1) is 10.2. The molecule has 0 aromatic rings. The molecule has 3 heteroatoms. The minimum atomic E-state index is -0.361. The van der Waals surface area contributed by atoms with Crippen molar-refractivity contribution in [3.05, 3.63) is 12.7 Å². The van der Waals surface area contributed by atoms with Gasteiger partial charge in [-0.15, -0.1) is 6.58 Å². The number of hydrogen-bond donors (Lipinski definition) is 1. The Morgan fingerprint density at radius 2 is 2.45 bits per heavy atom. The van der Waals surface area contributed by atoms with Gasteiger partial charge in [0.2, 0.25) is 0 Å². The van der Waals surface area contributed by atoms with Crippen LogP contribution in [0, 0.1) is 0 Å². The van der Waals surface area contributed by atoms with Crippen molar-refractivity contribution < 1.29 is 9.53 Å². The van der Waals surface area contributed by atoms with Gasteiger partial charge in [-0.2, -0.15) is 0 Å². The summed E-state index contributed by atoms with van der Waals surface area (Å²) < 4.78 is 4.53. The molecule has 0 aliphatic carbocycles. The maximum Gasteiger partial charge on any atom is 0.326 e. The monoisotopic (exact) mass is 157 g/mol. The lowest BCUT2D eigenvalue weighted by molar-refractivity contribution is -0.141. The normalized spacial score (nSPS) is 12.2. The fourth-order valence-electron chi connectivity index (χ4n) is 0.690. The molecule has 11 heavy (non-hydrogen) atoms. The van der Waals surface area contributed by atoms with Crippen molar-refractivity contribution in [1.29, 1.82) is 0 Å². The van der Waals surface area contributed by atoms with Gasteiger partial charge >= 0.3 is 5.97 Å². The van der Waals surface area contributed by atoms with E-state index in [0.29, 0.717) is 0 Å². The minimum Gasteiger partial charge on any atom is -0.468 e. The summed E-state index contributed by atoms with van der Waals surface area (Å²) in [4.78, 5) is 10.9. The largest absolute Gasteiger partial charge is 0.468 e. The van der Waals surface area contributed by atoms with Gasteiger partial charge in [0.05, 0.1) is 7.11 Å². The second kappa shape index (κ2) is 5.92. The number of carbonyl (C=O) groups is 1. The fraction of sp³-hybridized carbons (Fsp3) is 0.625. The van der Waals surface area contributed by atoms with E-state index in [1.807, 2.05) is 6.92 Å². The van der Waals surface area contributed by atoms with E-state index in [-0.39, 0.29) is 12.0 Å². The predicted molar refractivity (Wildman–Crippen MR) is 44.3 cm³/mol. The Kier molecular flexibility index (Phi) is 5.47. The number of carbonyl (C=O) groups excluding carboxylic acids is 1. The molecule has 64 valence electrons. The molecule has 0 heterocycles. The van der Waals surface area contributed by atoms with Crippen molar-refractivity contribution in [3.8, 4) is 0 Å². The van der Waals surface area contributed by atoms with E-state index in [1.165, 1.54) is 7.11 Å². The molecular weight excluding hydrogens is 142 g/mol. The van der Waals surface area contributed by atoms with E-state index >= 15 is 0 Å². The Morgan fingerprint density at radius 1 is 1.82 bits per heavy atom. The summed E-state index contributed by atoms with van der Waals surface area (Å²) in [5.74, 6) is -0.284. The van der Waals surface area contributed by atoms with E-state index in [2.05, 4.69) is 16.6 Å². The predicted octanol–water partition coefficient (Wildman–Crippen LogP) is 0.714. The molecule has 1 atom stereocenters. The van der Waals surface area contributed by atoms with E-state index in [4.69, 9.17) is 0 Å². The zero-order valence-electron chi connectivity index (χ0n) is 7.09. The van der Waals surface area contributed by atoms with Crippen LogP contribution in [0.1, 0.15) is 13.3 Å². The highest BCUT2D eigenvalue weighted by Gasteiger charge is 2.12. The van der Waals surface area contributed by atoms with E-state index < -0.39 is 0 Å². The summed E-state index contributed by atoms with van der Waals surface area (Å²) in [6.07, 6.45) is 2.53. The van der Waals surface area contributed by atoms with Crippen LogP contribution in [0.2, 0.25) is 0 Å². The zero-order valence-corrected chi connectivity index (χ0v) is 7.09. The Balaban J connectivity index is 3.74. The Labute approximate surface area is 67.4 Å². The van der Waals surface area contributed by atoms with Gasteiger partial charge in [0.1, 0.15) is 6.04 Å². The molecule has 0 rings (SSSR count). The Morgan fingerprint density at radius 3 is 2.82 bits per heavy atom. The van der Waals surface area contributed by atoms with Gasteiger partial charge in [0.15, 0.2) is 0 Å². The van der Waals surface area contributed by atoms with Crippen LogP contribution >= 0.6 is 0 Å². The Bertz CT molecular complexity index is 134. The summed E-state index contributed by atoms with van der Waals surface area (Å²) >= 11 is 0. The van der Waals surface area contributed by atoms with Crippen molar-refractivity contribution in [1.82, 2.24) is 5.32 Å². The van der Waals surface area contributed by atoms with Gasteiger partial charge in [-0.25, -0.2) is 0 Å². The van der Waals surface area contributed by atoms with Crippen molar-refractivity contribution in [3.63, 3.8) is 0 Å². The summed E-state index contributed by atoms with van der Waals surface area (Å²) in [6.45, 7) is 6.35. The quantitative estimate of drug-likeness (QED) is 0.472. The highest BCUT2D eigenvalue weighted by atomic mass is 16.5. The number of nitrogens with one attached hydrogen (secondary N) is 1. The molecule has 0 aliphatic rings. The molecule has 3 nitrogen and oxygen atoms in total. The third kappa shape index (κ3) is 3.78. The fourth-order valence-corrected chi connectivity index (χ4v) is 0.690.